The summed E-state index contributed by atoms with van der Waals surface area (Å²) < 4.78 is 29.3. The molecule has 29 heavy (non-hydrogen) atoms. The van der Waals surface area contributed by atoms with Crippen LogP contribution in [0.4, 0.5) is 0 Å². The van der Waals surface area contributed by atoms with Crippen molar-refractivity contribution < 1.29 is 8.42 Å². The predicted molar refractivity (Wildman–Crippen MR) is 119 cm³/mol. The molecule has 0 saturated heterocycles. The van der Waals surface area contributed by atoms with Crippen LogP contribution in [0, 0.1) is 13.8 Å². The number of benzene rings is 3. The van der Waals surface area contributed by atoms with E-state index in [4.69, 9.17) is 0 Å². The number of sulfonamides is 1. The summed E-state index contributed by atoms with van der Waals surface area (Å²) in [5.41, 5.74) is 4.49. The van der Waals surface area contributed by atoms with Crippen molar-refractivity contribution in [1.82, 2.24) is 4.41 Å². The Morgan fingerprint density at radius 2 is 1.59 bits per heavy atom. The van der Waals surface area contributed by atoms with Crippen LogP contribution >= 0.6 is 15.9 Å². The number of hydrogen-bond acceptors (Lipinski definition) is 3. The van der Waals surface area contributed by atoms with Gasteiger partial charge in [-0.15, -0.1) is 0 Å². The van der Waals surface area contributed by atoms with Crippen molar-refractivity contribution in [2.75, 3.05) is 0 Å². The third-order valence-corrected chi connectivity index (χ3v) is 7.50. The van der Waals surface area contributed by atoms with Crippen LogP contribution in [0.1, 0.15) is 34.7 Å². The molecular formula is C23H21BrN2O2S. The Balaban J connectivity index is 1.82. The highest BCUT2D eigenvalue weighted by Gasteiger charge is 2.38. The Kier molecular flexibility index (Phi) is 5.32. The van der Waals surface area contributed by atoms with E-state index in [9.17, 15) is 8.42 Å². The van der Waals surface area contributed by atoms with Crippen LogP contribution in [0.25, 0.3) is 0 Å². The van der Waals surface area contributed by atoms with E-state index in [-0.39, 0.29) is 10.9 Å². The normalized spacial score (nSPS) is 16.7. The van der Waals surface area contributed by atoms with Crippen molar-refractivity contribution in [3.8, 4) is 0 Å². The summed E-state index contributed by atoms with van der Waals surface area (Å²) in [7, 11) is -3.79. The van der Waals surface area contributed by atoms with Crippen LogP contribution in [-0.2, 0) is 10.0 Å². The average Bonchev–Trinajstić information content (AvgIpc) is 3.15. The Morgan fingerprint density at radius 1 is 0.931 bits per heavy atom. The lowest BCUT2D eigenvalue weighted by Crippen LogP contribution is -2.27. The number of hydrazone groups is 1. The molecule has 4 rings (SSSR count). The van der Waals surface area contributed by atoms with Crippen molar-refractivity contribution >= 4 is 31.7 Å². The monoisotopic (exact) mass is 468 g/mol. The lowest BCUT2D eigenvalue weighted by molar-refractivity contribution is 0.371. The van der Waals surface area contributed by atoms with Crippen molar-refractivity contribution in [2.45, 2.75) is 31.2 Å². The van der Waals surface area contributed by atoms with Gasteiger partial charge in [0.05, 0.1) is 16.6 Å². The first-order valence-corrected chi connectivity index (χ1v) is 11.6. The molecule has 6 heteroatoms. The van der Waals surface area contributed by atoms with Gasteiger partial charge >= 0.3 is 0 Å². The molecule has 0 amide bonds. The summed E-state index contributed by atoms with van der Waals surface area (Å²) in [5, 5.41) is 4.61. The van der Waals surface area contributed by atoms with E-state index >= 15 is 0 Å². The van der Waals surface area contributed by atoms with E-state index in [1.165, 1.54) is 4.41 Å². The van der Waals surface area contributed by atoms with E-state index in [1.807, 2.05) is 74.5 Å². The molecule has 3 aromatic rings. The summed E-state index contributed by atoms with van der Waals surface area (Å²) in [6.45, 7) is 3.84. The van der Waals surface area contributed by atoms with Gasteiger partial charge in [-0.05, 0) is 48.7 Å². The zero-order valence-corrected chi connectivity index (χ0v) is 18.6. The van der Waals surface area contributed by atoms with Crippen LogP contribution in [-0.4, -0.2) is 18.5 Å². The number of aryl methyl sites for hydroxylation is 2. The topological polar surface area (TPSA) is 49.7 Å². The first kappa shape index (κ1) is 19.9. The van der Waals surface area contributed by atoms with Gasteiger partial charge in [-0.1, -0.05) is 76.1 Å². The number of hydrogen-bond donors (Lipinski definition) is 0. The molecule has 0 unspecified atom stereocenters. The number of halogens is 1. The molecule has 4 nitrogen and oxygen atoms in total. The summed E-state index contributed by atoms with van der Waals surface area (Å²) >= 11 is 3.45. The SMILES string of the molecule is Cc1ccc(C2=NN(S(=O)(=O)c3ccccc3C)[C@@H](c3ccc(Br)cc3)C2)cc1. The molecule has 0 bridgehead atoms. The summed E-state index contributed by atoms with van der Waals surface area (Å²) in [4.78, 5) is 0.288. The molecule has 0 fully saturated rings. The standard InChI is InChI=1S/C23H21BrN2O2S/c1-16-7-9-18(10-8-16)21-15-22(19-11-13-20(24)14-12-19)26(25-21)29(27,28)23-6-4-3-5-17(23)2/h3-14,22H,15H2,1-2H3/t22-/m1/s1. The molecule has 0 radical (unpaired) electrons. The van der Waals surface area contributed by atoms with E-state index in [1.54, 1.807) is 12.1 Å². The smallest absolute Gasteiger partial charge is 0.200 e. The van der Waals surface area contributed by atoms with Gasteiger partial charge in [-0.25, -0.2) is 0 Å². The van der Waals surface area contributed by atoms with Gasteiger partial charge in [-0.3, -0.25) is 0 Å². The van der Waals surface area contributed by atoms with Crippen LogP contribution in [0.5, 0.6) is 0 Å². The Hall–Kier alpha value is -2.44. The van der Waals surface area contributed by atoms with Gasteiger partial charge in [0.15, 0.2) is 0 Å². The minimum Gasteiger partial charge on any atom is -0.200 e. The zero-order valence-electron chi connectivity index (χ0n) is 16.2. The van der Waals surface area contributed by atoms with Crippen molar-refractivity contribution in [3.05, 3.63) is 99.5 Å². The maximum absolute atomic E-state index is 13.5. The fourth-order valence-electron chi connectivity index (χ4n) is 3.51. The minimum atomic E-state index is -3.79. The number of nitrogens with zero attached hydrogens (tertiary/aromatic N) is 2. The average molecular weight is 469 g/mol. The molecule has 0 aromatic heterocycles. The van der Waals surface area contributed by atoms with E-state index in [0.29, 0.717) is 12.0 Å². The van der Waals surface area contributed by atoms with Gasteiger partial charge in [0.1, 0.15) is 0 Å². The minimum absolute atomic E-state index is 0.288. The Morgan fingerprint density at radius 3 is 2.24 bits per heavy atom. The first-order chi connectivity index (χ1) is 13.9. The molecule has 1 atom stereocenters. The molecule has 1 heterocycles. The van der Waals surface area contributed by atoms with E-state index in [0.717, 1.165) is 26.9 Å². The van der Waals surface area contributed by atoms with Crippen LogP contribution < -0.4 is 0 Å². The molecule has 1 aliphatic rings. The van der Waals surface area contributed by atoms with Gasteiger partial charge in [-0.2, -0.15) is 17.9 Å². The molecule has 1 aliphatic heterocycles. The Labute approximate surface area is 180 Å². The molecule has 0 N–H and O–H groups in total. The lowest BCUT2D eigenvalue weighted by Gasteiger charge is -2.24. The van der Waals surface area contributed by atoms with Crippen LogP contribution in [0.3, 0.4) is 0 Å². The van der Waals surface area contributed by atoms with Crippen molar-refractivity contribution in [1.29, 1.82) is 0 Å². The maximum atomic E-state index is 13.5. The Bertz CT molecular complexity index is 1170. The molecule has 148 valence electrons. The molecular weight excluding hydrogens is 448 g/mol. The summed E-state index contributed by atoms with van der Waals surface area (Å²) in [6, 6.07) is 22.4. The molecule has 0 spiro atoms. The number of rotatable bonds is 4. The summed E-state index contributed by atoms with van der Waals surface area (Å²) in [5.74, 6) is 0. The fourth-order valence-corrected chi connectivity index (χ4v) is 5.44. The third kappa shape index (κ3) is 3.87. The van der Waals surface area contributed by atoms with Gasteiger partial charge in [0.25, 0.3) is 10.0 Å². The van der Waals surface area contributed by atoms with Crippen molar-refractivity contribution in [3.63, 3.8) is 0 Å². The lowest BCUT2D eigenvalue weighted by atomic mass is 9.99. The van der Waals surface area contributed by atoms with Gasteiger partial charge < -0.3 is 0 Å². The van der Waals surface area contributed by atoms with Gasteiger partial charge in [0, 0.05) is 10.9 Å². The fraction of sp³-hybridized carbons (Fsp3) is 0.174. The van der Waals surface area contributed by atoms with Gasteiger partial charge in [0.2, 0.25) is 0 Å². The zero-order chi connectivity index (χ0) is 20.6. The largest absolute Gasteiger partial charge is 0.279 e. The van der Waals surface area contributed by atoms with Crippen molar-refractivity contribution in [2.24, 2.45) is 5.10 Å². The highest BCUT2D eigenvalue weighted by atomic mass is 79.9. The van der Waals surface area contributed by atoms with Crippen LogP contribution in [0.2, 0.25) is 0 Å². The first-order valence-electron chi connectivity index (χ1n) is 9.36. The molecule has 0 saturated carbocycles. The quantitative estimate of drug-likeness (QED) is 0.499. The van der Waals surface area contributed by atoms with E-state index < -0.39 is 10.0 Å². The maximum Gasteiger partial charge on any atom is 0.279 e. The molecule has 0 aliphatic carbocycles. The summed E-state index contributed by atoms with van der Waals surface area (Å²) in [6.07, 6.45) is 0.524. The second-order valence-corrected chi connectivity index (χ2v) is 9.91. The third-order valence-electron chi connectivity index (χ3n) is 5.13. The predicted octanol–water partition coefficient (Wildman–Crippen LogP) is 5.61. The second kappa shape index (κ2) is 7.76. The van der Waals surface area contributed by atoms with E-state index in [2.05, 4.69) is 21.0 Å². The second-order valence-electron chi connectivity index (χ2n) is 7.23. The highest BCUT2D eigenvalue weighted by Crippen LogP contribution is 2.38. The highest BCUT2D eigenvalue weighted by molar-refractivity contribution is 9.10. The molecule has 3 aromatic carbocycles. The van der Waals surface area contributed by atoms with Crippen LogP contribution in [0.15, 0.2) is 87.3 Å².